The van der Waals surface area contributed by atoms with Crippen LogP contribution in [-0.2, 0) is 22.4 Å². The van der Waals surface area contributed by atoms with Crippen LogP contribution in [0.15, 0.2) is 54.6 Å². The Hall–Kier alpha value is -3.15. The Morgan fingerprint density at radius 1 is 1.04 bits per heavy atom. The van der Waals surface area contributed by atoms with Crippen molar-refractivity contribution in [1.82, 2.24) is 15.8 Å². The standard InChI is InChI=1S/C22H25N3O3/c1-16-7-6-10-18(15-16)11-12-19(26)24-25-20(27)22(2,23-21(25)28)14-13-17-8-4-3-5-9-17/h3-10,15H,11-14H2,1-2H3,(H,23,28)(H,24,26). The van der Waals surface area contributed by atoms with Crippen LogP contribution in [0.3, 0.4) is 0 Å². The Kier molecular flexibility index (Phi) is 5.78. The van der Waals surface area contributed by atoms with Crippen LogP contribution in [-0.4, -0.2) is 28.4 Å². The summed E-state index contributed by atoms with van der Waals surface area (Å²) in [5, 5.41) is 3.52. The van der Waals surface area contributed by atoms with E-state index in [1.807, 2.05) is 61.5 Å². The van der Waals surface area contributed by atoms with Crippen LogP contribution in [0.5, 0.6) is 0 Å². The van der Waals surface area contributed by atoms with Crippen LogP contribution in [0.2, 0.25) is 0 Å². The predicted molar refractivity (Wildman–Crippen MR) is 106 cm³/mol. The number of nitrogens with one attached hydrogen (secondary N) is 2. The zero-order chi connectivity index (χ0) is 20.1. The van der Waals surface area contributed by atoms with Gasteiger partial charge in [0.15, 0.2) is 0 Å². The predicted octanol–water partition coefficient (Wildman–Crippen LogP) is 2.90. The zero-order valence-electron chi connectivity index (χ0n) is 16.2. The molecular formula is C22H25N3O3. The molecule has 146 valence electrons. The largest absolute Gasteiger partial charge is 0.344 e. The molecule has 1 fully saturated rings. The molecule has 2 aromatic carbocycles. The molecule has 0 aromatic heterocycles. The average Bonchev–Trinajstić information content (AvgIpc) is 2.89. The second-order valence-corrected chi connectivity index (χ2v) is 7.41. The van der Waals surface area contributed by atoms with Crippen molar-refractivity contribution in [1.29, 1.82) is 0 Å². The van der Waals surface area contributed by atoms with Crippen molar-refractivity contribution in [2.75, 3.05) is 0 Å². The lowest BCUT2D eigenvalue weighted by molar-refractivity contribution is -0.138. The SMILES string of the molecule is Cc1cccc(CCC(=O)NN2C(=O)NC(C)(CCc3ccccc3)C2=O)c1. The van der Waals surface area contributed by atoms with E-state index >= 15 is 0 Å². The summed E-state index contributed by atoms with van der Waals surface area (Å²) in [5.74, 6) is -0.797. The first-order chi connectivity index (χ1) is 13.4. The van der Waals surface area contributed by atoms with E-state index in [1.165, 1.54) is 0 Å². The van der Waals surface area contributed by atoms with Crippen molar-refractivity contribution in [2.45, 2.75) is 45.1 Å². The fraction of sp³-hybridized carbons (Fsp3) is 0.318. The molecule has 6 nitrogen and oxygen atoms in total. The summed E-state index contributed by atoms with van der Waals surface area (Å²) in [4.78, 5) is 37.2. The van der Waals surface area contributed by atoms with E-state index in [1.54, 1.807) is 6.92 Å². The molecule has 2 N–H and O–H groups in total. The lowest BCUT2D eigenvalue weighted by Crippen LogP contribution is -2.49. The Bertz CT molecular complexity index is 882. The van der Waals surface area contributed by atoms with Gasteiger partial charge >= 0.3 is 6.03 Å². The third kappa shape index (κ3) is 4.57. The van der Waals surface area contributed by atoms with Gasteiger partial charge in [-0.05, 0) is 44.2 Å². The number of urea groups is 1. The van der Waals surface area contributed by atoms with Gasteiger partial charge in [-0.1, -0.05) is 60.2 Å². The summed E-state index contributed by atoms with van der Waals surface area (Å²) in [7, 11) is 0. The molecule has 1 aliphatic heterocycles. The maximum absolute atomic E-state index is 12.7. The molecule has 28 heavy (non-hydrogen) atoms. The van der Waals surface area contributed by atoms with Gasteiger partial charge < -0.3 is 5.32 Å². The minimum atomic E-state index is -1.03. The van der Waals surface area contributed by atoms with E-state index in [-0.39, 0.29) is 12.3 Å². The highest BCUT2D eigenvalue weighted by Crippen LogP contribution is 2.22. The monoisotopic (exact) mass is 379 g/mol. The van der Waals surface area contributed by atoms with Crippen LogP contribution < -0.4 is 10.7 Å². The molecule has 1 unspecified atom stereocenters. The second-order valence-electron chi connectivity index (χ2n) is 7.41. The van der Waals surface area contributed by atoms with Crippen LogP contribution in [0.4, 0.5) is 4.79 Å². The molecule has 1 atom stereocenters. The second kappa shape index (κ2) is 8.25. The lowest BCUT2D eigenvalue weighted by atomic mass is 9.93. The molecule has 6 heteroatoms. The molecule has 0 aliphatic carbocycles. The quantitative estimate of drug-likeness (QED) is 0.726. The van der Waals surface area contributed by atoms with Crippen molar-refractivity contribution < 1.29 is 14.4 Å². The van der Waals surface area contributed by atoms with Crippen molar-refractivity contribution >= 4 is 17.8 Å². The Balaban J connectivity index is 1.56. The number of carbonyl (C=O) groups is 3. The van der Waals surface area contributed by atoms with E-state index < -0.39 is 17.5 Å². The first-order valence-electron chi connectivity index (χ1n) is 9.43. The number of amides is 4. The van der Waals surface area contributed by atoms with Gasteiger partial charge in [0.25, 0.3) is 5.91 Å². The summed E-state index contributed by atoms with van der Waals surface area (Å²) in [6.07, 6.45) is 1.85. The lowest BCUT2D eigenvalue weighted by Gasteiger charge is -2.21. The fourth-order valence-corrected chi connectivity index (χ4v) is 3.30. The van der Waals surface area contributed by atoms with E-state index in [0.717, 1.165) is 21.7 Å². The summed E-state index contributed by atoms with van der Waals surface area (Å²) in [6, 6.07) is 17.1. The Labute approximate surface area is 164 Å². The van der Waals surface area contributed by atoms with Gasteiger partial charge in [0.05, 0.1) is 0 Å². The van der Waals surface area contributed by atoms with Gasteiger partial charge in [-0.15, -0.1) is 0 Å². The van der Waals surface area contributed by atoms with Gasteiger partial charge in [0, 0.05) is 6.42 Å². The number of hydrazine groups is 1. The number of aryl methyl sites for hydroxylation is 3. The minimum absolute atomic E-state index is 0.196. The Morgan fingerprint density at radius 3 is 2.46 bits per heavy atom. The van der Waals surface area contributed by atoms with Crippen molar-refractivity contribution in [3.63, 3.8) is 0 Å². The summed E-state index contributed by atoms with van der Waals surface area (Å²) in [5.41, 5.74) is 4.68. The van der Waals surface area contributed by atoms with Gasteiger partial charge in [-0.25, -0.2) is 4.79 Å². The number of rotatable bonds is 7. The molecule has 4 amide bonds. The van der Waals surface area contributed by atoms with Crippen LogP contribution >= 0.6 is 0 Å². The third-order valence-corrected chi connectivity index (χ3v) is 4.98. The molecule has 0 bridgehead atoms. The zero-order valence-corrected chi connectivity index (χ0v) is 16.2. The summed E-state index contributed by atoms with van der Waals surface area (Å²) >= 11 is 0. The van der Waals surface area contributed by atoms with Crippen molar-refractivity contribution in [3.8, 4) is 0 Å². The maximum atomic E-state index is 12.7. The first-order valence-corrected chi connectivity index (χ1v) is 9.43. The first kappa shape index (κ1) is 19.6. The van der Waals surface area contributed by atoms with Crippen LogP contribution in [0.1, 0.15) is 36.5 Å². The van der Waals surface area contributed by atoms with E-state index in [4.69, 9.17) is 0 Å². The minimum Gasteiger partial charge on any atom is -0.322 e. The number of hydrogen-bond donors (Lipinski definition) is 2. The number of carbonyl (C=O) groups excluding carboxylic acids is 3. The Morgan fingerprint density at radius 2 is 1.75 bits per heavy atom. The average molecular weight is 379 g/mol. The fourth-order valence-electron chi connectivity index (χ4n) is 3.30. The maximum Gasteiger partial charge on any atom is 0.344 e. The number of benzene rings is 2. The number of hydrogen-bond acceptors (Lipinski definition) is 3. The molecule has 1 heterocycles. The van der Waals surface area contributed by atoms with Gasteiger partial charge in [0.2, 0.25) is 5.91 Å². The normalized spacial score (nSPS) is 18.9. The highest BCUT2D eigenvalue weighted by Gasteiger charge is 2.48. The molecule has 1 saturated heterocycles. The highest BCUT2D eigenvalue weighted by atomic mass is 16.2. The van der Waals surface area contributed by atoms with E-state index in [9.17, 15) is 14.4 Å². The van der Waals surface area contributed by atoms with Crippen LogP contribution in [0, 0.1) is 6.92 Å². The summed E-state index contributed by atoms with van der Waals surface area (Å²) < 4.78 is 0. The van der Waals surface area contributed by atoms with Gasteiger partial charge in [0.1, 0.15) is 5.54 Å². The van der Waals surface area contributed by atoms with E-state index in [2.05, 4.69) is 10.7 Å². The molecule has 3 rings (SSSR count). The van der Waals surface area contributed by atoms with Gasteiger partial charge in [-0.3, -0.25) is 15.0 Å². The van der Waals surface area contributed by atoms with Crippen LogP contribution in [0.25, 0.3) is 0 Å². The molecule has 2 aromatic rings. The van der Waals surface area contributed by atoms with E-state index in [0.29, 0.717) is 19.3 Å². The van der Waals surface area contributed by atoms with Gasteiger partial charge in [-0.2, -0.15) is 5.01 Å². The smallest absolute Gasteiger partial charge is 0.322 e. The van der Waals surface area contributed by atoms with Crippen molar-refractivity contribution in [3.05, 3.63) is 71.3 Å². The molecule has 0 saturated carbocycles. The highest BCUT2D eigenvalue weighted by molar-refractivity contribution is 6.07. The number of imide groups is 1. The number of nitrogens with zero attached hydrogens (tertiary/aromatic N) is 1. The molecule has 0 spiro atoms. The third-order valence-electron chi connectivity index (χ3n) is 4.98. The van der Waals surface area contributed by atoms with Crippen molar-refractivity contribution in [2.24, 2.45) is 0 Å². The molecule has 1 aliphatic rings. The molecular weight excluding hydrogens is 354 g/mol. The topological polar surface area (TPSA) is 78.5 Å². The molecule has 0 radical (unpaired) electrons. The summed E-state index contributed by atoms with van der Waals surface area (Å²) in [6.45, 7) is 3.68.